The van der Waals surface area contributed by atoms with Crippen LogP contribution in [0.2, 0.25) is 0 Å². The molecule has 0 radical (unpaired) electrons. The predicted molar refractivity (Wildman–Crippen MR) is 84.7 cm³/mol. The van der Waals surface area contributed by atoms with Gasteiger partial charge in [-0.1, -0.05) is 67.6 Å². The Morgan fingerprint density at radius 1 is 1.00 bits per heavy atom. The lowest BCUT2D eigenvalue weighted by Gasteiger charge is -2.12. The summed E-state index contributed by atoms with van der Waals surface area (Å²) in [6, 6.07) is 18.6. The lowest BCUT2D eigenvalue weighted by Crippen LogP contribution is -2.04. The van der Waals surface area contributed by atoms with Gasteiger partial charge in [-0.15, -0.1) is 0 Å². The van der Waals surface area contributed by atoms with Gasteiger partial charge in [0.15, 0.2) is 0 Å². The first-order chi connectivity index (χ1) is 9.63. The van der Waals surface area contributed by atoms with Crippen molar-refractivity contribution in [3.8, 4) is 0 Å². The van der Waals surface area contributed by atoms with E-state index in [0.29, 0.717) is 0 Å². The molecule has 0 saturated heterocycles. The highest BCUT2D eigenvalue weighted by molar-refractivity contribution is 5.84. The first-order valence-electron chi connectivity index (χ1n) is 6.96. The van der Waals surface area contributed by atoms with Crippen LogP contribution in [0.25, 0.3) is 5.57 Å². The van der Waals surface area contributed by atoms with Crippen molar-refractivity contribution < 1.29 is 4.79 Å². The maximum absolute atomic E-state index is 11.6. The Labute approximate surface area is 121 Å². The molecule has 20 heavy (non-hydrogen) atoms. The smallest absolute Gasteiger partial charge is 0.136 e. The Bertz CT molecular complexity index is 623. The Morgan fingerprint density at radius 3 is 2.25 bits per heavy atom. The molecule has 2 rings (SSSR count). The van der Waals surface area contributed by atoms with Crippen molar-refractivity contribution in [1.29, 1.82) is 0 Å². The van der Waals surface area contributed by atoms with Gasteiger partial charge in [0.2, 0.25) is 0 Å². The number of carbonyl (C=O) groups excluding carboxylic acids is 1. The number of Topliss-reactive ketones (excluding diaryl/α,β-unsaturated/α-hetero) is 1. The zero-order valence-electron chi connectivity index (χ0n) is 12.3. The van der Waals surface area contributed by atoms with E-state index in [-0.39, 0.29) is 11.7 Å². The van der Waals surface area contributed by atoms with E-state index in [4.69, 9.17) is 0 Å². The van der Waals surface area contributed by atoms with E-state index in [9.17, 15) is 4.79 Å². The molecular weight excluding hydrogens is 244 g/mol. The molecule has 1 heteroatoms. The van der Waals surface area contributed by atoms with Crippen LogP contribution < -0.4 is 0 Å². The lowest BCUT2D eigenvalue weighted by molar-refractivity contribution is -0.118. The van der Waals surface area contributed by atoms with Crippen LogP contribution in [0, 0.1) is 0 Å². The van der Waals surface area contributed by atoms with Crippen molar-refractivity contribution in [3.05, 3.63) is 77.4 Å². The summed E-state index contributed by atoms with van der Waals surface area (Å²) in [6.45, 7) is 5.65. The highest BCUT2D eigenvalue weighted by Gasteiger charge is 2.12. The molecule has 0 aromatic heterocycles. The number of rotatable bonds is 4. The van der Waals surface area contributed by atoms with Gasteiger partial charge in [-0.3, -0.25) is 4.79 Å². The molecule has 0 fully saturated rings. The molecule has 1 nitrogen and oxygen atoms in total. The fourth-order valence-electron chi connectivity index (χ4n) is 2.33. The lowest BCUT2D eigenvalue weighted by atomic mass is 9.91. The highest BCUT2D eigenvalue weighted by atomic mass is 16.1. The van der Waals surface area contributed by atoms with Crippen molar-refractivity contribution in [2.45, 2.75) is 26.7 Å². The van der Waals surface area contributed by atoms with Crippen molar-refractivity contribution >= 4 is 11.4 Å². The van der Waals surface area contributed by atoms with E-state index in [0.717, 1.165) is 11.1 Å². The minimum absolute atomic E-state index is 0.0520. The van der Waals surface area contributed by atoms with Crippen LogP contribution in [-0.2, 0) is 4.79 Å². The average Bonchev–Trinajstić information content (AvgIpc) is 2.48. The van der Waals surface area contributed by atoms with Gasteiger partial charge in [0.25, 0.3) is 0 Å². The van der Waals surface area contributed by atoms with Gasteiger partial charge in [-0.25, -0.2) is 0 Å². The van der Waals surface area contributed by atoms with Crippen LogP contribution in [0.4, 0.5) is 0 Å². The quantitative estimate of drug-likeness (QED) is 0.773. The summed E-state index contributed by atoms with van der Waals surface area (Å²) in [5.41, 5.74) is 4.63. The molecule has 1 atom stereocenters. The van der Waals surface area contributed by atoms with Gasteiger partial charge >= 0.3 is 0 Å². The van der Waals surface area contributed by atoms with Gasteiger partial charge in [-0.2, -0.15) is 0 Å². The molecule has 0 heterocycles. The van der Waals surface area contributed by atoms with Crippen molar-refractivity contribution in [1.82, 2.24) is 0 Å². The van der Waals surface area contributed by atoms with Crippen LogP contribution in [0.3, 0.4) is 0 Å². The second-order valence-corrected chi connectivity index (χ2v) is 5.03. The number of carbonyl (C=O) groups is 1. The number of benzene rings is 2. The maximum Gasteiger partial charge on any atom is 0.136 e. The minimum Gasteiger partial charge on any atom is -0.299 e. The van der Waals surface area contributed by atoms with E-state index in [1.165, 1.54) is 11.1 Å². The predicted octanol–water partition coefficient (Wildman–Crippen LogP) is 4.83. The van der Waals surface area contributed by atoms with E-state index in [2.05, 4.69) is 30.3 Å². The zero-order valence-corrected chi connectivity index (χ0v) is 12.3. The van der Waals surface area contributed by atoms with Crippen LogP contribution in [-0.4, -0.2) is 5.78 Å². The fraction of sp³-hybridized carbons (Fsp3) is 0.211. The highest BCUT2D eigenvalue weighted by Crippen LogP contribution is 2.26. The Kier molecular flexibility index (Phi) is 4.52. The molecule has 102 valence electrons. The third-order valence-corrected chi connectivity index (χ3v) is 3.68. The summed E-state index contributed by atoms with van der Waals surface area (Å²) in [4.78, 5) is 11.6. The van der Waals surface area contributed by atoms with Crippen LogP contribution in [0.15, 0.2) is 60.7 Å². The largest absolute Gasteiger partial charge is 0.299 e. The molecule has 2 aromatic rings. The van der Waals surface area contributed by atoms with E-state index >= 15 is 0 Å². The standard InChI is InChI=1S/C19H20O/c1-4-19(16-9-6-5-7-10-16)18-12-8-11-17(13-18)14(2)15(3)20/h4-14H,1-3H3/b19-4-. The first-order valence-corrected chi connectivity index (χ1v) is 6.96. The monoisotopic (exact) mass is 264 g/mol. The summed E-state index contributed by atoms with van der Waals surface area (Å²) >= 11 is 0. The molecule has 0 N–H and O–H groups in total. The minimum atomic E-state index is -0.0520. The van der Waals surface area contributed by atoms with E-state index in [1.807, 2.05) is 44.2 Å². The second kappa shape index (κ2) is 6.33. The molecule has 1 unspecified atom stereocenters. The second-order valence-electron chi connectivity index (χ2n) is 5.03. The Morgan fingerprint density at radius 2 is 1.65 bits per heavy atom. The number of hydrogen-bond donors (Lipinski definition) is 0. The summed E-state index contributed by atoms with van der Waals surface area (Å²) in [5, 5.41) is 0. The molecule has 0 saturated carbocycles. The molecule has 0 aliphatic carbocycles. The molecule has 0 spiro atoms. The summed E-state index contributed by atoms with van der Waals surface area (Å²) in [7, 11) is 0. The van der Waals surface area contributed by atoms with E-state index in [1.54, 1.807) is 6.92 Å². The van der Waals surface area contributed by atoms with Crippen molar-refractivity contribution in [3.63, 3.8) is 0 Å². The van der Waals surface area contributed by atoms with Gasteiger partial charge in [0, 0.05) is 5.92 Å². The Hall–Kier alpha value is -2.15. The molecule has 2 aromatic carbocycles. The number of ketones is 1. The normalized spacial score (nSPS) is 13.1. The van der Waals surface area contributed by atoms with Crippen LogP contribution in [0.1, 0.15) is 43.4 Å². The van der Waals surface area contributed by atoms with Gasteiger partial charge in [0.05, 0.1) is 0 Å². The average molecular weight is 264 g/mol. The third-order valence-electron chi connectivity index (χ3n) is 3.68. The summed E-state index contributed by atoms with van der Waals surface area (Å²) in [5.74, 6) is 0.146. The molecular formula is C19H20O. The summed E-state index contributed by atoms with van der Waals surface area (Å²) < 4.78 is 0. The molecule has 0 aliphatic heterocycles. The third kappa shape index (κ3) is 3.05. The number of hydrogen-bond acceptors (Lipinski definition) is 1. The molecule has 0 amide bonds. The van der Waals surface area contributed by atoms with Gasteiger partial charge < -0.3 is 0 Å². The fourth-order valence-corrected chi connectivity index (χ4v) is 2.33. The van der Waals surface area contributed by atoms with Crippen molar-refractivity contribution in [2.75, 3.05) is 0 Å². The first kappa shape index (κ1) is 14.3. The van der Waals surface area contributed by atoms with Crippen LogP contribution in [0.5, 0.6) is 0 Å². The topological polar surface area (TPSA) is 17.1 Å². The number of allylic oxidation sites excluding steroid dienone is 1. The SMILES string of the molecule is C/C=C(/c1ccccc1)c1cccc(C(C)C(C)=O)c1. The molecule has 0 bridgehead atoms. The zero-order chi connectivity index (χ0) is 14.5. The van der Waals surface area contributed by atoms with Crippen molar-refractivity contribution in [2.24, 2.45) is 0 Å². The van der Waals surface area contributed by atoms with Crippen LogP contribution >= 0.6 is 0 Å². The van der Waals surface area contributed by atoms with Gasteiger partial charge in [-0.05, 0) is 36.1 Å². The van der Waals surface area contributed by atoms with Gasteiger partial charge in [0.1, 0.15) is 5.78 Å². The Balaban J connectivity index is 2.42. The van der Waals surface area contributed by atoms with E-state index < -0.39 is 0 Å². The molecule has 0 aliphatic rings. The maximum atomic E-state index is 11.6. The summed E-state index contributed by atoms with van der Waals surface area (Å²) in [6.07, 6.45) is 2.12.